The van der Waals surface area contributed by atoms with Gasteiger partial charge < -0.3 is 4.74 Å². The molecule has 18 heavy (non-hydrogen) atoms. The number of pyridine rings is 1. The Bertz CT molecular complexity index is 515. The van der Waals surface area contributed by atoms with Crippen LogP contribution in [0.4, 0.5) is 0 Å². The van der Waals surface area contributed by atoms with E-state index >= 15 is 0 Å². The Hall–Kier alpha value is -0.690. The summed E-state index contributed by atoms with van der Waals surface area (Å²) in [6, 6.07) is 2.60. The van der Waals surface area contributed by atoms with Crippen LogP contribution in [0.15, 0.2) is 23.2 Å². The molecule has 2 atom stereocenters. The van der Waals surface area contributed by atoms with E-state index < -0.39 is 10.0 Å². The fraction of sp³-hybridized carbons (Fsp3) is 0.545. The predicted octanol–water partition coefficient (Wildman–Crippen LogP) is 1.44. The zero-order valence-corrected chi connectivity index (χ0v) is 11.5. The average Bonchev–Trinajstić information content (AvgIpc) is 2.82. The first-order chi connectivity index (χ1) is 8.49. The van der Waals surface area contributed by atoms with Gasteiger partial charge >= 0.3 is 0 Å². The number of nitrogens with one attached hydrogen (secondary N) is 1. The first-order valence-electron chi connectivity index (χ1n) is 5.70. The molecule has 2 unspecified atom stereocenters. The molecule has 1 fully saturated rings. The van der Waals surface area contributed by atoms with Crippen LogP contribution < -0.4 is 4.72 Å². The van der Waals surface area contributed by atoms with Gasteiger partial charge in [-0.1, -0.05) is 11.6 Å². The molecule has 0 saturated carbocycles. The number of hydrogen-bond donors (Lipinski definition) is 1. The highest BCUT2D eigenvalue weighted by molar-refractivity contribution is 7.89. The average molecular weight is 291 g/mol. The van der Waals surface area contributed by atoms with Gasteiger partial charge in [0, 0.05) is 24.8 Å². The third-order valence-electron chi connectivity index (χ3n) is 3.02. The van der Waals surface area contributed by atoms with Gasteiger partial charge in [0.25, 0.3) is 0 Å². The van der Waals surface area contributed by atoms with Gasteiger partial charge in [0.1, 0.15) is 5.15 Å². The largest absolute Gasteiger partial charge is 0.381 e. The van der Waals surface area contributed by atoms with Crippen molar-refractivity contribution in [1.82, 2.24) is 9.71 Å². The van der Waals surface area contributed by atoms with E-state index in [1.54, 1.807) is 0 Å². The Morgan fingerprint density at radius 2 is 2.39 bits per heavy atom. The first kappa shape index (κ1) is 13.7. The van der Waals surface area contributed by atoms with Gasteiger partial charge in [-0.3, -0.25) is 0 Å². The normalized spacial score (nSPS) is 22.0. The summed E-state index contributed by atoms with van der Waals surface area (Å²) in [6.45, 7) is 3.14. The maximum absolute atomic E-state index is 12.1. The van der Waals surface area contributed by atoms with E-state index in [0.29, 0.717) is 13.2 Å². The molecular formula is C11H15ClN2O3S. The van der Waals surface area contributed by atoms with Crippen molar-refractivity contribution in [3.8, 4) is 0 Å². The molecule has 1 aliphatic heterocycles. The van der Waals surface area contributed by atoms with Crippen LogP contribution in [0, 0.1) is 5.92 Å². The highest BCUT2D eigenvalue weighted by atomic mass is 35.5. The van der Waals surface area contributed by atoms with E-state index in [2.05, 4.69) is 9.71 Å². The summed E-state index contributed by atoms with van der Waals surface area (Å²) in [5.41, 5.74) is 0. The smallest absolute Gasteiger partial charge is 0.240 e. The quantitative estimate of drug-likeness (QED) is 0.852. The maximum atomic E-state index is 12.1. The van der Waals surface area contributed by atoms with Crippen LogP contribution in [0.5, 0.6) is 0 Å². The lowest BCUT2D eigenvalue weighted by atomic mass is 10.0. The third kappa shape index (κ3) is 3.20. The van der Waals surface area contributed by atoms with E-state index in [1.807, 2.05) is 6.92 Å². The second-order valence-electron chi connectivity index (χ2n) is 4.35. The second-order valence-corrected chi connectivity index (χ2v) is 6.45. The predicted molar refractivity (Wildman–Crippen MR) is 68.0 cm³/mol. The molecule has 1 aliphatic rings. The van der Waals surface area contributed by atoms with Gasteiger partial charge in [-0.15, -0.1) is 0 Å². The van der Waals surface area contributed by atoms with Crippen LogP contribution in [-0.4, -0.2) is 32.7 Å². The highest BCUT2D eigenvalue weighted by Gasteiger charge is 2.26. The molecule has 2 rings (SSSR count). The van der Waals surface area contributed by atoms with Crippen molar-refractivity contribution in [2.24, 2.45) is 5.92 Å². The minimum atomic E-state index is -3.55. The monoisotopic (exact) mass is 290 g/mol. The number of nitrogens with zero attached hydrogens (tertiary/aromatic N) is 1. The molecule has 2 heterocycles. The van der Waals surface area contributed by atoms with Gasteiger partial charge in [-0.25, -0.2) is 18.1 Å². The summed E-state index contributed by atoms with van der Waals surface area (Å²) in [5, 5.41) is 0.162. The van der Waals surface area contributed by atoms with Crippen molar-refractivity contribution in [3.63, 3.8) is 0 Å². The Balaban J connectivity index is 2.11. The minimum Gasteiger partial charge on any atom is -0.381 e. The Labute approximate surface area is 112 Å². The molecule has 0 amide bonds. The van der Waals surface area contributed by atoms with E-state index in [-0.39, 0.29) is 22.0 Å². The molecule has 0 aromatic carbocycles. The molecule has 1 aromatic heterocycles. The molecule has 0 radical (unpaired) electrons. The van der Waals surface area contributed by atoms with Crippen LogP contribution in [0.1, 0.15) is 13.3 Å². The van der Waals surface area contributed by atoms with Gasteiger partial charge in [0.15, 0.2) is 0 Å². The van der Waals surface area contributed by atoms with E-state index in [1.165, 1.54) is 18.3 Å². The van der Waals surface area contributed by atoms with Gasteiger partial charge in [-0.2, -0.15) is 0 Å². The van der Waals surface area contributed by atoms with Crippen molar-refractivity contribution in [2.45, 2.75) is 24.3 Å². The van der Waals surface area contributed by atoms with Gasteiger partial charge in [0.05, 0.1) is 11.5 Å². The highest BCUT2D eigenvalue weighted by Crippen LogP contribution is 2.19. The Morgan fingerprint density at radius 1 is 1.61 bits per heavy atom. The fourth-order valence-electron chi connectivity index (χ4n) is 1.91. The van der Waals surface area contributed by atoms with Crippen LogP contribution in [-0.2, 0) is 14.8 Å². The molecule has 1 saturated heterocycles. The van der Waals surface area contributed by atoms with Crippen molar-refractivity contribution in [1.29, 1.82) is 0 Å². The Morgan fingerprint density at radius 3 is 3.00 bits per heavy atom. The third-order valence-corrected chi connectivity index (χ3v) is 4.78. The number of hydrogen-bond acceptors (Lipinski definition) is 4. The topological polar surface area (TPSA) is 68.3 Å². The van der Waals surface area contributed by atoms with E-state index in [9.17, 15) is 8.42 Å². The molecule has 0 spiro atoms. The summed E-state index contributed by atoms with van der Waals surface area (Å²) >= 11 is 5.69. The summed E-state index contributed by atoms with van der Waals surface area (Å²) in [7, 11) is -3.55. The van der Waals surface area contributed by atoms with Gasteiger partial charge in [0.2, 0.25) is 10.0 Å². The van der Waals surface area contributed by atoms with Crippen molar-refractivity contribution < 1.29 is 13.2 Å². The molecular weight excluding hydrogens is 276 g/mol. The zero-order chi connectivity index (χ0) is 13.2. The maximum Gasteiger partial charge on any atom is 0.240 e. The lowest BCUT2D eigenvalue weighted by molar-refractivity contribution is 0.180. The lowest BCUT2D eigenvalue weighted by Crippen LogP contribution is -2.38. The van der Waals surface area contributed by atoms with Crippen molar-refractivity contribution in [3.05, 3.63) is 23.5 Å². The van der Waals surface area contributed by atoms with Crippen LogP contribution in [0.2, 0.25) is 5.15 Å². The number of halogens is 1. The second kappa shape index (κ2) is 5.52. The van der Waals surface area contributed by atoms with E-state index in [0.717, 1.165) is 6.42 Å². The molecule has 0 aliphatic carbocycles. The standard InChI is InChI=1S/C11H15ClN2O3S/c1-8(9-3-5-17-7-9)14-18(15,16)10-2-4-13-11(12)6-10/h2,4,6,8-9,14H,3,5,7H2,1H3. The Kier molecular flexibility index (Phi) is 4.21. The number of rotatable bonds is 4. The SMILES string of the molecule is CC(NS(=O)(=O)c1ccnc(Cl)c1)C1CCOC1. The zero-order valence-electron chi connectivity index (χ0n) is 9.97. The van der Waals surface area contributed by atoms with Crippen molar-refractivity contribution >= 4 is 21.6 Å². The van der Waals surface area contributed by atoms with Crippen LogP contribution >= 0.6 is 11.6 Å². The number of aromatic nitrogens is 1. The summed E-state index contributed by atoms with van der Waals surface area (Å²) < 4.78 is 32.1. The summed E-state index contributed by atoms with van der Waals surface area (Å²) in [5.74, 6) is 0.220. The van der Waals surface area contributed by atoms with Crippen molar-refractivity contribution in [2.75, 3.05) is 13.2 Å². The molecule has 7 heteroatoms. The first-order valence-corrected chi connectivity index (χ1v) is 7.57. The lowest BCUT2D eigenvalue weighted by Gasteiger charge is -2.19. The molecule has 0 bridgehead atoms. The molecule has 5 nitrogen and oxygen atoms in total. The number of sulfonamides is 1. The minimum absolute atomic E-state index is 0.133. The van der Waals surface area contributed by atoms with Crippen LogP contribution in [0.25, 0.3) is 0 Å². The van der Waals surface area contributed by atoms with E-state index in [4.69, 9.17) is 16.3 Å². The molecule has 1 N–H and O–H groups in total. The summed E-state index contributed by atoms with van der Waals surface area (Å²) in [4.78, 5) is 3.90. The number of ether oxygens (including phenoxy) is 1. The summed E-state index contributed by atoms with van der Waals surface area (Å²) in [6.07, 6.45) is 2.25. The van der Waals surface area contributed by atoms with Crippen LogP contribution in [0.3, 0.4) is 0 Å². The fourth-order valence-corrected chi connectivity index (χ4v) is 3.47. The van der Waals surface area contributed by atoms with Gasteiger partial charge in [-0.05, 0) is 25.5 Å². The molecule has 100 valence electrons. The molecule has 1 aromatic rings.